The monoisotopic (exact) mass is 223 g/mol. The second-order valence-electron chi connectivity index (χ2n) is 2.88. The third-order valence-electron chi connectivity index (χ3n) is 1.50. The van der Waals surface area contributed by atoms with E-state index in [1.54, 1.807) is 13.8 Å². The Morgan fingerprint density at radius 1 is 1.57 bits per heavy atom. The van der Waals surface area contributed by atoms with Crippen molar-refractivity contribution in [1.29, 1.82) is 0 Å². The SMILES string of the molecule is C=C(C)C(N)=O.CCC(C)S(=O)(=O)O. The van der Waals surface area contributed by atoms with Crippen LogP contribution in [0.5, 0.6) is 0 Å². The van der Waals surface area contributed by atoms with Crippen molar-refractivity contribution >= 4 is 16.0 Å². The van der Waals surface area contributed by atoms with Crippen LogP contribution in [0.1, 0.15) is 27.2 Å². The fourth-order valence-corrected chi connectivity index (χ4v) is 0.632. The summed E-state index contributed by atoms with van der Waals surface area (Å²) in [7, 11) is -3.75. The first-order valence-corrected chi connectivity index (χ1v) is 5.54. The molecule has 0 aliphatic carbocycles. The van der Waals surface area contributed by atoms with Gasteiger partial charge in [0.2, 0.25) is 5.91 Å². The molecule has 14 heavy (non-hydrogen) atoms. The average Bonchev–Trinajstić information content (AvgIpc) is 2.02. The molecule has 0 aromatic carbocycles. The first-order chi connectivity index (χ1) is 6.12. The van der Waals surface area contributed by atoms with E-state index in [4.69, 9.17) is 10.3 Å². The predicted octanol–water partition coefficient (Wildman–Crippen LogP) is 0.720. The van der Waals surface area contributed by atoms with Crippen molar-refractivity contribution in [3.63, 3.8) is 0 Å². The molecule has 1 amide bonds. The quantitative estimate of drug-likeness (QED) is 0.544. The van der Waals surface area contributed by atoms with Gasteiger partial charge in [0.25, 0.3) is 10.1 Å². The molecule has 6 heteroatoms. The lowest BCUT2D eigenvalue weighted by atomic mass is 10.3. The molecule has 0 saturated heterocycles. The van der Waals surface area contributed by atoms with Crippen LogP contribution in [-0.2, 0) is 14.9 Å². The standard InChI is InChI=1S/C4H7NO.C4H10O3S/c1-3(2)4(5)6;1-3-4(2)8(5,6)7/h1H2,2H3,(H2,5,6);4H,3H2,1-2H3,(H,5,6,7). The van der Waals surface area contributed by atoms with Crippen LogP contribution in [0.3, 0.4) is 0 Å². The van der Waals surface area contributed by atoms with Crippen LogP contribution in [-0.4, -0.2) is 24.1 Å². The number of carbonyl (C=O) groups is 1. The van der Waals surface area contributed by atoms with Crippen molar-refractivity contribution in [3.05, 3.63) is 12.2 Å². The normalized spacial score (nSPS) is 12.3. The zero-order chi connectivity index (χ0) is 11.9. The van der Waals surface area contributed by atoms with Crippen LogP contribution in [0.2, 0.25) is 0 Å². The van der Waals surface area contributed by atoms with E-state index < -0.39 is 21.3 Å². The highest BCUT2D eigenvalue weighted by atomic mass is 32.2. The molecule has 0 fully saturated rings. The van der Waals surface area contributed by atoms with Crippen LogP contribution >= 0.6 is 0 Å². The van der Waals surface area contributed by atoms with Gasteiger partial charge in [-0.1, -0.05) is 13.5 Å². The summed E-state index contributed by atoms with van der Waals surface area (Å²) in [4.78, 5) is 9.82. The third-order valence-corrected chi connectivity index (χ3v) is 2.85. The fraction of sp³-hybridized carbons (Fsp3) is 0.625. The minimum atomic E-state index is -3.75. The van der Waals surface area contributed by atoms with Gasteiger partial charge in [0.1, 0.15) is 0 Å². The van der Waals surface area contributed by atoms with E-state index >= 15 is 0 Å². The number of primary amides is 1. The lowest BCUT2D eigenvalue weighted by molar-refractivity contribution is -0.114. The van der Waals surface area contributed by atoms with Crippen LogP contribution < -0.4 is 5.73 Å². The Balaban J connectivity index is 0. The van der Waals surface area contributed by atoms with Gasteiger partial charge < -0.3 is 5.73 Å². The van der Waals surface area contributed by atoms with Gasteiger partial charge in [-0.2, -0.15) is 8.42 Å². The smallest absolute Gasteiger partial charge is 0.267 e. The molecule has 0 aromatic rings. The van der Waals surface area contributed by atoms with Crippen molar-refractivity contribution < 1.29 is 17.8 Å². The van der Waals surface area contributed by atoms with Gasteiger partial charge >= 0.3 is 0 Å². The third kappa shape index (κ3) is 9.21. The Hall–Kier alpha value is -0.880. The Morgan fingerprint density at radius 3 is 1.86 bits per heavy atom. The molecule has 1 unspecified atom stereocenters. The molecule has 0 aliphatic rings. The molecule has 0 saturated carbocycles. The molecule has 0 radical (unpaired) electrons. The van der Waals surface area contributed by atoms with Gasteiger partial charge in [-0.3, -0.25) is 9.35 Å². The Kier molecular flexibility index (Phi) is 7.30. The molecule has 0 heterocycles. The topological polar surface area (TPSA) is 97.5 Å². The van der Waals surface area contributed by atoms with Gasteiger partial charge in [-0.15, -0.1) is 0 Å². The molecular weight excluding hydrogens is 206 g/mol. The Bertz CT molecular complexity index is 282. The lowest BCUT2D eigenvalue weighted by Gasteiger charge is -2.00. The minimum absolute atomic E-state index is 0.398. The molecule has 84 valence electrons. The summed E-state index contributed by atoms with van der Waals surface area (Å²) in [5.74, 6) is -0.435. The summed E-state index contributed by atoms with van der Waals surface area (Å²) >= 11 is 0. The molecule has 0 bridgehead atoms. The van der Waals surface area contributed by atoms with Crippen molar-refractivity contribution in [3.8, 4) is 0 Å². The van der Waals surface area contributed by atoms with E-state index in [-0.39, 0.29) is 0 Å². The Labute approximate surface area is 84.7 Å². The largest absolute Gasteiger partial charge is 0.366 e. The summed E-state index contributed by atoms with van der Waals surface area (Å²) in [5.41, 5.74) is 5.09. The van der Waals surface area contributed by atoms with E-state index in [0.717, 1.165) is 0 Å². The van der Waals surface area contributed by atoms with Gasteiger partial charge in [0, 0.05) is 5.57 Å². The molecule has 3 N–H and O–H groups in total. The average molecular weight is 223 g/mol. The molecule has 0 rings (SSSR count). The second kappa shape index (κ2) is 6.56. The molecule has 1 atom stereocenters. The number of nitrogens with two attached hydrogens (primary N) is 1. The van der Waals surface area contributed by atoms with Crippen LogP contribution in [0.15, 0.2) is 12.2 Å². The molecule has 5 nitrogen and oxygen atoms in total. The highest BCUT2D eigenvalue weighted by molar-refractivity contribution is 7.86. The van der Waals surface area contributed by atoms with Gasteiger partial charge in [0.15, 0.2) is 0 Å². The maximum Gasteiger partial charge on any atom is 0.267 e. The highest BCUT2D eigenvalue weighted by Gasteiger charge is 2.13. The predicted molar refractivity (Wildman–Crippen MR) is 55.3 cm³/mol. The molecular formula is C8H17NO4S. The van der Waals surface area contributed by atoms with E-state index in [1.807, 2.05) is 0 Å². The molecule has 0 aromatic heterocycles. The van der Waals surface area contributed by atoms with E-state index in [1.165, 1.54) is 6.92 Å². The summed E-state index contributed by atoms with van der Waals surface area (Å²) in [6.07, 6.45) is 0.457. The minimum Gasteiger partial charge on any atom is -0.366 e. The molecule has 0 spiro atoms. The van der Waals surface area contributed by atoms with Crippen molar-refractivity contribution in [2.45, 2.75) is 32.4 Å². The van der Waals surface area contributed by atoms with E-state index in [2.05, 4.69) is 6.58 Å². The zero-order valence-corrected chi connectivity index (χ0v) is 9.47. The summed E-state index contributed by atoms with van der Waals surface area (Å²) < 4.78 is 28.5. The first kappa shape index (κ1) is 15.6. The number of rotatable bonds is 3. The van der Waals surface area contributed by atoms with E-state index in [9.17, 15) is 13.2 Å². The fourth-order valence-electron chi connectivity index (χ4n) is 0.211. The maximum absolute atomic E-state index is 10.1. The van der Waals surface area contributed by atoms with Gasteiger partial charge in [0.05, 0.1) is 5.25 Å². The summed E-state index contributed by atoms with van der Waals surface area (Å²) in [6.45, 7) is 8.03. The number of carbonyl (C=O) groups excluding carboxylic acids is 1. The summed E-state index contributed by atoms with van der Waals surface area (Å²) in [5, 5.41) is -0.623. The van der Waals surface area contributed by atoms with Gasteiger partial charge in [-0.25, -0.2) is 0 Å². The Morgan fingerprint density at radius 2 is 1.86 bits per heavy atom. The second-order valence-corrected chi connectivity index (χ2v) is 4.71. The number of hydrogen-bond donors (Lipinski definition) is 2. The van der Waals surface area contributed by atoms with Crippen molar-refractivity contribution in [2.75, 3.05) is 0 Å². The van der Waals surface area contributed by atoms with Crippen LogP contribution in [0.25, 0.3) is 0 Å². The maximum atomic E-state index is 10.1. The van der Waals surface area contributed by atoms with E-state index in [0.29, 0.717) is 12.0 Å². The van der Waals surface area contributed by atoms with Crippen molar-refractivity contribution in [2.24, 2.45) is 5.73 Å². The summed E-state index contributed by atoms with van der Waals surface area (Å²) in [6, 6.07) is 0. The zero-order valence-electron chi connectivity index (χ0n) is 8.65. The first-order valence-electron chi connectivity index (χ1n) is 4.04. The highest BCUT2D eigenvalue weighted by Crippen LogP contribution is 1.99. The van der Waals surface area contributed by atoms with Crippen LogP contribution in [0.4, 0.5) is 0 Å². The lowest BCUT2D eigenvalue weighted by Crippen LogP contribution is -2.14. The van der Waals surface area contributed by atoms with Crippen LogP contribution in [0, 0.1) is 0 Å². The van der Waals surface area contributed by atoms with Crippen molar-refractivity contribution in [1.82, 2.24) is 0 Å². The molecule has 0 aliphatic heterocycles. The number of hydrogen-bond acceptors (Lipinski definition) is 3. The van der Waals surface area contributed by atoms with Gasteiger partial charge in [-0.05, 0) is 20.3 Å². The number of amides is 1.